The van der Waals surface area contributed by atoms with Crippen LogP contribution in [0.3, 0.4) is 0 Å². The van der Waals surface area contributed by atoms with Gasteiger partial charge < -0.3 is 9.47 Å². The van der Waals surface area contributed by atoms with Crippen LogP contribution in [0.5, 0.6) is 11.5 Å². The molecule has 0 bridgehead atoms. The van der Waals surface area contributed by atoms with Crippen LogP contribution < -0.4 is 14.2 Å². The molecule has 0 aliphatic carbocycles. The predicted molar refractivity (Wildman–Crippen MR) is 94.6 cm³/mol. The molecular weight excluding hydrogens is 350 g/mol. The summed E-state index contributed by atoms with van der Waals surface area (Å²) in [6.07, 6.45) is 0.492. The highest BCUT2D eigenvalue weighted by Crippen LogP contribution is 2.25. The van der Waals surface area contributed by atoms with Gasteiger partial charge in [-0.1, -0.05) is 23.7 Å². The van der Waals surface area contributed by atoms with Crippen molar-refractivity contribution in [2.75, 3.05) is 20.8 Å². The Morgan fingerprint density at radius 1 is 1.08 bits per heavy atom. The van der Waals surface area contributed by atoms with E-state index in [0.717, 1.165) is 11.1 Å². The van der Waals surface area contributed by atoms with Crippen LogP contribution in [0.4, 0.5) is 0 Å². The van der Waals surface area contributed by atoms with Gasteiger partial charge in [-0.2, -0.15) is 0 Å². The van der Waals surface area contributed by atoms with E-state index >= 15 is 0 Å². The van der Waals surface area contributed by atoms with Crippen molar-refractivity contribution in [2.24, 2.45) is 0 Å². The van der Waals surface area contributed by atoms with Crippen LogP contribution in [-0.2, 0) is 16.4 Å². The molecule has 0 saturated carbocycles. The Morgan fingerprint density at radius 2 is 1.83 bits per heavy atom. The molecule has 2 aromatic carbocycles. The van der Waals surface area contributed by atoms with Crippen molar-refractivity contribution >= 4 is 21.6 Å². The summed E-state index contributed by atoms with van der Waals surface area (Å²) in [4.78, 5) is 0.153. The molecule has 0 amide bonds. The Morgan fingerprint density at radius 3 is 2.46 bits per heavy atom. The zero-order valence-electron chi connectivity index (χ0n) is 13.8. The summed E-state index contributed by atoms with van der Waals surface area (Å²) >= 11 is 6.00. The number of halogens is 1. The molecule has 24 heavy (non-hydrogen) atoms. The molecule has 0 spiro atoms. The van der Waals surface area contributed by atoms with Crippen molar-refractivity contribution in [1.82, 2.24) is 4.72 Å². The highest BCUT2D eigenvalue weighted by molar-refractivity contribution is 7.89. The van der Waals surface area contributed by atoms with E-state index in [1.807, 2.05) is 19.1 Å². The van der Waals surface area contributed by atoms with Crippen molar-refractivity contribution in [1.29, 1.82) is 0 Å². The lowest BCUT2D eigenvalue weighted by atomic mass is 10.1. The second-order valence-electron chi connectivity index (χ2n) is 5.24. The third-order valence-corrected chi connectivity index (χ3v) is 5.50. The maximum atomic E-state index is 12.3. The number of hydrogen-bond donors (Lipinski definition) is 1. The summed E-state index contributed by atoms with van der Waals surface area (Å²) in [6.45, 7) is 2.07. The lowest BCUT2D eigenvalue weighted by Gasteiger charge is -2.11. The number of benzene rings is 2. The number of hydrogen-bond acceptors (Lipinski definition) is 4. The molecule has 0 heterocycles. The van der Waals surface area contributed by atoms with E-state index in [-0.39, 0.29) is 11.4 Å². The minimum absolute atomic E-state index is 0.153. The first kappa shape index (κ1) is 18.6. The molecule has 0 aliphatic heterocycles. The molecule has 0 saturated heterocycles. The van der Waals surface area contributed by atoms with Gasteiger partial charge in [0.2, 0.25) is 10.0 Å². The monoisotopic (exact) mass is 369 g/mol. The quantitative estimate of drug-likeness (QED) is 0.814. The SMILES string of the molecule is COc1ccc(CCNS(=O)(=O)c2ccc(C)c(Cl)c2)c(OC)c1. The molecule has 7 heteroatoms. The van der Waals surface area contributed by atoms with Gasteiger partial charge >= 0.3 is 0 Å². The summed E-state index contributed by atoms with van der Waals surface area (Å²) in [5, 5.41) is 0.426. The Kier molecular flexibility index (Phi) is 6.10. The number of methoxy groups -OCH3 is 2. The zero-order valence-corrected chi connectivity index (χ0v) is 15.4. The zero-order chi connectivity index (χ0) is 17.7. The molecule has 0 radical (unpaired) electrons. The van der Waals surface area contributed by atoms with Crippen LogP contribution in [-0.4, -0.2) is 29.2 Å². The minimum Gasteiger partial charge on any atom is -0.497 e. The maximum absolute atomic E-state index is 12.3. The highest BCUT2D eigenvalue weighted by atomic mass is 35.5. The second-order valence-corrected chi connectivity index (χ2v) is 7.41. The molecule has 2 aromatic rings. The van der Waals surface area contributed by atoms with E-state index < -0.39 is 10.0 Å². The van der Waals surface area contributed by atoms with Crippen LogP contribution in [0.2, 0.25) is 5.02 Å². The van der Waals surface area contributed by atoms with Gasteiger partial charge in [0, 0.05) is 17.6 Å². The van der Waals surface area contributed by atoms with Crippen molar-refractivity contribution < 1.29 is 17.9 Å². The van der Waals surface area contributed by atoms with Gasteiger partial charge in [0.15, 0.2) is 0 Å². The first-order chi connectivity index (χ1) is 11.4. The largest absolute Gasteiger partial charge is 0.497 e. The van der Waals surface area contributed by atoms with Gasteiger partial charge in [0.1, 0.15) is 11.5 Å². The second kappa shape index (κ2) is 7.88. The number of rotatable bonds is 7. The first-order valence-corrected chi connectivity index (χ1v) is 9.20. The van der Waals surface area contributed by atoms with Gasteiger partial charge in [-0.3, -0.25) is 0 Å². The topological polar surface area (TPSA) is 64.6 Å². The van der Waals surface area contributed by atoms with Gasteiger partial charge in [-0.15, -0.1) is 0 Å². The summed E-state index contributed by atoms with van der Waals surface area (Å²) in [5.74, 6) is 1.34. The van der Waals surface area contributed by atoms with Gasteiger partial charge in [0.05, 0.1) is 19.1 Å². The van der Waals surface area contributed by atoms with Gasteiger partial charge in [-0.05, 0) is 42.7 Å². The Balaban J connectivity index is 2.06. The lowest BCUT2D eigenvalue weighted by Crippen LogP contribution is -2.26. The van der Waals surface area contributed by atoms with E-state index in [0.29, 0.717) is 22.9 Å². The fourth-order valence-electron chi connectivity index (χ4n) is 2.20. The summed E-state index contributed by atoms with van der Waals surface area (Å²) in [7, 11) is -0.457. The van der Waals surface area contributed by atoms with Crippen molar-refractivity contribution in [3.63, 3.8) is 0 Å². The van der Waals surface area contributed by atoms with Crippen LogP contribution in [0, 0.1) is 6.92 Å². The molecule has 0 unspecified atom stereocenters. The smallest absolute Gasteiger partial charge is 0.240 e. The van der Waals surface area contributed by atoms with Crippen LogP contribution in [0.15, 0.2) is 41.3 Å². The highest BCUT2D eigenvalue weighted by Gasteiger charge is 2.15. The molecule has 0 atom stereocenters. The molecule has 5 nitrogen and oxygen atoms in total. The third kappa shape index (κ3) is 4.41. The first-order valence-electron chi connectivity index (χ1n) is 7.34. The van der Waals surface area contributed by atoms with Gasteiger partial charge in [0.25, 0.3) is 0 Å². The molecule has 0 fully saturated rings. The number of sulfonamides is 1. The van der Waals surface area contributed by atoms with E-state index in [2.05, 4.69) is 4.72 Å². The molecule has 0 aromatic heterocycles. The Hall–Kier alpha value is -1.76. The molecule has 1 N–H and O–H groups in total. The molecule has 0 aliphatic rings. The summed E-state index contributed by atoms with van der Waals surface area (Å²) < 4.78 is 37.7. The maximum Gasteiger partial charge on any atom is 0.240 e. The average Bonchev–Trinajstić information content (AvgIpc) is 2.57. The molecule has 130 valence electrons. The molecule has 2 rings (SSSR count). The number of ether oxygens (including phenoxy) is 2. The standard InChI is InChI=1S/C17H20ClNO4S/c1-12-4-7-15(11-16(12)18)24(20,21)19-9-8-13-5-6-14(22-2)10-17(13)23-3/h4-7,10-11,19H,8-9H2,1-3H3. The summed E-state index contributed by atoms with van der Waals surface area (Å²) in [6, 6.07) is 10.1. The van der Waals surface area contributed by atoms with Crippen molar-refractivity contribution in [3.8, 4) is 11.5 Å². The third-order valence-electron chi connectivity index (χ3n) is 3.63. The fraction of sp³-hybridized carbons (Fsp3) is 0.294. The van der Waals surface area contributed by atoms with E-state index in [4.69, 9.17) is 21.1 Å². The van der Waals surface area contributed by atoms with Crippen LogP contribution in [0.1, 0.15) is 11.1 Å². The lowest BCUT2D eigenvalue weighted by molar-refractivity contribution is 0.391. The van der Waals surface area contributed by atoms with E-state index in [1.165, 1.54) is 12.1 Å². The summed E-state index contributed by atoms with van der Waals surface area (Å²) in [5.41, 5.74) is 1.72. The van der Waals surface area contributed by atoms with Crippen LogP contribution in [0.25, 0.3) is 0 Å². The van der Waals surface area contributed by atoms with Crippen LogP contribution >= 0.6 is 11.6 Å². The fourth-order valence-corrected chi connectivity index (χ4v) is 3.51. The van der Waals surface area contributed by atoms with Crippen molar-refractivity contribution in [2.45, 2.75) is 18.2 Å². The normalized spacial score (nSPS) is 11.3. The Bertz CT molecular complexity index is 821. The number of nitrogens with one attached hydrogen (secondary N) is 1. The van der Waals surface area contributed by atoms with E-state index in [1.54, 1.807) is 26.4 Å². The minimum atomic E-state index is -3.60. The average molecular weight is 370 g/mol. The van der Waals surface area contributed by atoms with Crippen molar-refractivity contribution in [3.05, 3.63) is 52.5 Å². The molecular formula is C17H20ClNO4S. The van der Waals surface area contributed by atoms with Gasteiger partial charge in [-0.25, -0.2) is 13.1 Å². The Labute approximate surface area is 147 Å². The predicted octanol–water partition coefficient (Wildman–Crippen LogP) is 3.19. The number of aryl methyl sites for hydroxylation is 1. The van der Waals surface area contributed by atoms with E-state index in [9.17, 15) is 8.42 Å².